The third-order valence-corrected chi connectivity index (χ3v) is 5.92. The van der Waals surface area contributed by atoms with Crippen LogP contribution in [0.5, 0.6) is 0 Å². The van der Waals surface area contributed by atoms with Gasteiger partial charge in [-0.3, -0.25) is 19.5 Å². The van der Waals surface area contributed by atoms with Crippen LogP contribution in [0.1, 0.15) is 29.5 Å². The third-order valence-electron chi connectivity index (χ3n) is 5.67. The van der Waals surface area contributed by atoms with E-state index in [1.54, 1.807) is 0 Å². The fourth-order valence-corrected chi connectivity index (χ4v) is 3.98. The number of likely N-dealkylation sites (tertiary alicyclic amines) is 1. The van der Waals surface area contributed by atoms with Gasteiger partial charge < -0.3 is 10.6 Å². The molecule has 0 aliphatic carbocycles. The largest absolute Gasteiger partial charge is 0.351 e. The summed E-state index contributed by atoms with van der Waals surface area (Å²) in [6, 6.07) is 15.3. The minimum absolute atomic E-state index is 0.0137. The Morgan fingerprint density at radius 1 is 1.13 bits per heavy atom. The SMILES string of the molecule is Cc1ccc(C2=NC3(CCN(CC(=O)NCc4ccc(Cl)cc4)CC3)NC2=O)cc1. The zero-order valence-corrected chi connectivity index (χ0v) is 17.7. The molecule has 30 heavy (non-hydrogen) atoms. The number of hydrogen-bond acceptors (Lipinski definition) is 4. The van der Waals surface area contributed by atoms with Gasteiger partial charge in [-0.2, -0.15) is 0 Å². The predicted octanol–water partition coefficient (Wildman–Crippen LogP) is 2.68. The van der Waals surface area contributed by atoms with Gasteiger partial charge in [0.15, 0.2) is 0 Å². The Bertz CT molecular complexity index is 962. The number of carbonyl (C=O) groups excluding carboxylic acids is 2. The van der Waals surface area contributed by atoms with Crippen LogP contribution in [0.3, 0.4) is 0 Å². The van der Waals surface area contributed by atoms with E-state index in [1.807, 2.05) is 55.5 Å². The summed E-state index contributed by atoms with van der Waals surface area (Å²) in [5, 5.41) is 6.70. The monoisotopic (exact) mass is 424 g/mol. The molecule has 0 unspecified atom stereocenters. The van der Waals surface area contributed by atoms with Crippen molar-refractivity contribution in [3.05, 3.63) is 70.2 Å². The zero-order valence-electron chi connectivity index (χ0n) is 17.0. The number of aliphatic imine (C=N–C) groups is 1. The number of piperidine rings is 1. The van der Waals surface area contributed by atoms with E-state index in [1.165, 1.54) is 0 Å². The number of nitrogens with one attached hydrogen (secondary N) is 2. The van der Waals surface area contributed by atoms with E-state index in [2.05, 4.69) is 15.5 Å². The lowest BCUT2D eigenvalue weighted by atomic mass is 9.98. The molecular formula is C23H25ClN4O2. The Morgan fingerprint density at radius 2 is 1.80 bits per heavy atom. The van der Waals surface area contributed by atoms with Crippen LogP contribution < -0.4 is 10.6 Å². The summed E-state index contributed by atoms with van der Waals surface area (Å²) in [5.74, 6) is -0.131. The average Bonchev–Trinajstić information content (AvgIpc) is 3.06. The summed E-state index contributed by atoms with van der Waals surface area (Å²) < 4.78 is 0. The van der Waals surface area contributed by atoms with Crippen LogP contribution in [0.25, 0.3) is 0 Å². The first-order chi connectivity index (χ1) is 14.4. The molecule has 1 saturated heterocycles. The van der Waals surface area contributed by atoms with Crippen LogP contribution in [0.2, 0.25) is 5.02 Å². The van der Waals surface area contributed by atoms with E-state index < -0.39 is 5.66 Å². The summed E-state index contributed by atoms with van der Waals surface area (Å²) in [7, 11) is 0. The van der Waals surface area contributed by atoms with Crippen LogP contribution in [-0.4, -0.2) is 47.7 Å². The number of benzene rings is 2. The molecule has 0 aromatic heterocycles. The van der Waals surface area contributed by atoms with Gasteiger partial charge in [0, 0.05) is 43.1 Å². The Labute approximate surface area is 181 Å². The van der Waals surface area contributed by atoms with E-state index in [0.29, 0.717) is 49.8 Å². The molecule has 4 rings (SSSR count). The van der Waals surface area contributed by atoms with Crippen LogP contribution in [0.4, 0.5) is 0 Å². The maximum absolute atomic E-state index is 12.5. The highest BCUT2D eigenvalue weighted by Crippen LogP contribution is 2.28. The second-order valence-corrected chi connectivity index (χ2v) is 8.43. The number of aryl methyl sites for hydroxylation is 1. The lowest BCUT2D eigenvalue weighted by molar-refractivity contribution is -0.123. The molecule has 2 aromatic carbocycles. The van der Waals surface area contributed by atoms with Crippen molar-refractivity contribution < 1.29 is 9.59 Å². The minimum atomic E-state index is -0.548. The standard InChI is InChI=1S/C23H25ClN4O2/c1-16-2-6-18(7-3-16)21-22(30)27-23(26-21)10-12-28(13-11-23)15-20(29)25-14-17-4-8-19(24)9-5-17/h2-9H,10-15H2,1H3,(H,25,29)(H,27,30). The van der Waals surface area contributed by atoms with Gasteiger partial charge in [-0.25, -0.2) is 0 Å². The second-order valence-electron chi connectivity index (χ2n) is 7.99. The molecule has 6 nitrogen and oxygen atoms in total. The first-order valence-electron chi connectivity index (χ1n) is 10.2. The summed E-state index contributed by atoms with van der Waals surface area (Å²) in [6.07, 6.45) is 1.39. The number of hydrogen-bond donors (Lipinski definition) is 2. The average molecular weight is 425 g/mol. The molecule has 2 N–H and O–H groups in total. The van der Waals surface area contributed by atoms with Gasteiger partial charge in [0.25, 0.3) is 5.91 Å². The lowest BCUT2D eigenvalue weighted by Gasteiger charge is -2.36. The molecule has 2 amide bonds. The number of amides is 2. The van der Waals surface area contributed by atoms with E-state index in [-0.39, 0.29) is 11.8 Å². The summed E-state index contributed by atoms with van der Waals surface area (Å²) in [4.78, 5) is 31.7. The van der Waals surface area contributed by atoms with Crippen molar-refractivity contribution in [1.29, 1.82) is 0 Å². The van der Waals surface area contributed by atoms with Crippen molar-refractivity contribution in [3.63, 3.8) is 0 Å². The maximum Gasteiger partial charge on any atom is 0.272 e. The van der Waals surface area contributed by atoms with E-state index in [0.717, 1.165) is 16.7 Å². The molecule has 2 aliphatic rings. The number of halogens is 1. The number of rotatable bonds is 5. The van der Waals surface area contributed by atoms with Crippen molar-refractivity contribution in [2.75, 3.05) is 19.6 Å². The van der Waals surface area contributed by atoms with Crippen LogP contribution in [-0.2, 0) is 16.1 Å². The molecule has 1 fully saturated rings. The highest BCUT2D eigenvalue weighted by Gasteiger charge is 2.42. The number of carbonyl (C=O) groups is 2. The smallest absolute Gasteiger partial charge is 0.272 e. The van der Waals surface area contributed by atoms with Gasteiger partial charge in [0.1, 0.15) is 11.4 Å². The Balaban J connectivity index is 1.30. The molecule has 2 heterocycles. The van der Waals surface area contributed by atoms with E-state index in [4.69, 9.17) is 16.6 Å². The maximum atomic E-state index is 12.5. The van der Waals surface area contributed by atoms with Gasteiger partial charge in [0.2, 0.25) is 5.91 Å². The fraction of sp³-hybridized carbons (Fsp3) is 0.348. The quantitative estimate of drug-likeness (QED) is 0.775. The van der Waals surface area contributed by atoms with Gasteiger partial charge >= 0.3 is 0 Å². The van der Waals surface area contributed by atoms with E-state index in [9.17, 15) is 9.59 Å². The molecule has 2 aliphatic heterocycles. The summed E-state index contributed by atoms with van der Waals surface area (Å²) in [6.45, 7) is 4.25. The fourth-order valence-electron chi connectivity index (χ4n) is 3.85. The minimum Gasteiger partial charge on any atom is -0.351 e. The lowest BCUT2D eigenvalue weighted by Crippen LogP contribution is -2.52. The van der Waals surface area contributed by atoms with E-state index >= 15 is 0 Å². The van der Waals surface area contributed by atoms with Crippen LogP contribution in [0.15, 0.2) is 53.5 Å². The zero-order chi connectivity index (χ0) is 21.1. The highest BCUT2D eigenvalue weighted by atomic mass is 35.5. The molecule has 7 heteroatoms. The third kappa shape index (κ3) is 4.71. The van der Waals surface area contributed by atoms with Gasteiger partial charge in [0.05, 0.1) is 6.54 Å². The van der Waals surface area contributed by atoms with Gasteiger partial charge in [-0.15, -0.1) is 0 Å². The topological polar surface area (TPSA) is 73.8 Å². The summed E-state index contributed by atoms with van der Waals surface area (Å²) in [5.41, 5.74) is 2.96. The first-order valence-corrected chi connectivity index (χ1v) is 10.5. The van der Waals surface area contributed by atoms with Gasteiger partial charge in [-0.05, 0) is 24.6 Å². The molecular weight excluding hydrogens is 400 g/mol. The second kappa shape index (κ2) is 8.58. The number of nitrogens with zero attached hydrogens (tertiary/aromatic N) is 2. The Hall–Kier alpha value is -2.70. The highest BCUT2D eigenvalue weighted by molar-refractivity contribution is 6.46. The van der Waals surface area contributed by atoms with Gasteiger partial charge in [-0.1, -0.05) is 53.6 Å². The summed E-state index contributed by atoms with van der Waals surface area (Å²) >= 11 is 5.88. The molecule has 1 spiro atoms. The molecule has 0 saturated carbocycles. The normalized spacial score (nSPS) is 18.2. The van der Waals surface area contributed by atoms with Crippen molar-refractivity contribution in [1.82, 2.24) is 15.5 Å². The van der Waals surface area contributed by atoms with Crippen molar-refractivity contribution in [3.8, 4) is 0 Å². The predicted molar refractivity (Wildman–Crippen MR) is 118 cm³/mol. The van der Waals surface area contributed by atoms with Crippen LogP contribution in [0, 0.1) is 6.92 Å². The van der Waals surface area contributed by atoms with Crippen molar-refractivity contribution >= 4 is 29.1 Å². The molecule has 2 aromatic rings. The van der Waals surface area contributed by atoms with Crippen molar-refractivity contribution in [2.45, 2.75) is 32.0 Å². The van der Waals surface area contributed by atoms with Crippen molar-refractivity contribution in [2.24, 2.45) is 4.99 Å². The van der Waals surface area contributed by atoms with Crippen LogP contribution >= 0.6 is 11.6 Å². The Morgan fingerprint density at radius 3 is 2.47 bits per heavy atom. The molecule has 0 atom stereocenters. The first kappa shape index (κ1) is 20.6. The molecule has 0 radical (unpaired) electrons. The molecule has 156 valence electrons. The molecule has 0 bridgehead atoms. The Kier molecular flexibility index (Phi) is 5.88.